The zero-order valence-electron chi connectivity index (χ0n) is 13.2. The van der Waals surface area contributed by atoms with Crippen molar-refractivity contribution >= 4 is 5.97 Å². The topological polar surface area (TPSA) is 65.2 Å². The first-order valence-electron chi connectivity index (χ1n) is 7.87. The first-order valence-corrected chi connectivity index (χ1v) is 7.87. The van der Waals surface area contributed by atoms with E-state index in [2.05, 4.69) is 25.8 Å². The van der Waals surface area contributed by atoms with E-state index in [4.69, 9.17) is 10.5 Å². The molecule has 2 rings (SSSR count). The van der Waals surface area contributed by atoms with E-state index in [9.17, 15) is 4.79 Å². The predicted molar refractivity (Wildman–Crippen MR) is 82.7 cm³/mol. The highest BCUT2D eigenvalue weighted by molar-refractivity contribution is 5.89. The molecule has 4 heteroatoms. The summed E-state index contributed by atoms with van der Waals surface area (Å²) in [5, 5.41) is 0. The Balaban J connectivity index is 2.04. The minimum absolute atomic E-state index is 0.0236. The number of esters is 1. The molecule has 0 amide bonds. The number of carbonyl (C=O) groups excluding carboxylic acids is 1. The van der Waals surface area contributed by atoms with Gasteiger partial charge in [0.25, 0.3) is 0 Å². The van der Waals surface area contributed by atoms with Gasteiger partial charge in [-0.05, 0) is 42.7 Å². The number of ether oxygens (including phenoxy) is 1. The summed E-state index contributed by atoms with van der Waals surface area (Å²) in [6, 6.07) is 3.52. The zero-order valence-corrected chi connectivity index (χ0v) is 13.2. The van der Waals surface area contributed by atoms with E-state index in [1.807, 2.05) is 0 Å². The van der Waals surface area contributed by atoms with E-state index in [0.717, 1.165) is 18.5 Å². The van der Waals surface area contributed by atoms with Crippen LogP contribution in [0.1, 0.15) is 56.1 Å². The lowest BCUT2D eigenvalue weighted by Crippen LogP contribution is -2.35. The van der Waals surface area contributed by atoms with Crippen LogP contribution in [0.5, 0.6) is 0 Å². The van der Waals surface area contributed by atoms with Gasteiger partial charge in [-0.25, -0.2) is 4.79 Å². The summed E-state index contributed by atoms with van der Waals surface area (Å²) >= 11 is 0. The van der Waals surface area contributed by atoms with Gasteiger partial charge >= 0.3 is 5.97 Å². The van der Waals surface area contributed by atoms with Crippen LogP contribution >= 0.6 is 0 Å². The maximum absolute atomic E-state index is 12.3. The monoisotopic (exact) mass is 290 g/mol. The van der Waals surface area contributed by atoms with E-state index < -0.39 is 0 Å². The fourth-order valence-electron chi connectivity index (χ4n) is 3.12. The highest BCUT2D eigenvalue weighted by Gasteiger charge is 2.33. The second kappa shape index (κ2) is 7.03. The molecule has 1 aliphatic rings. The Morgan fingerprint density at radius 1 is 1.43 bits per heavy atom. The van der Waals surface area contributed by atoms with Crippen molar-refractivity contribution < 1.29 is 9.53 Å². The molecule has 1 aromatic rings. The number of hydrogen-bond acceptors (Lipinski definition) is 4. The van der Waals surface area contributed by atoms with Crippen molar-refractivity contribution in [1.82, 2.24) is 4.98 Å². The zero-order chi connectivity index (χ0) is 15.4. The quantitative estimate of drug-likeness (QED) is 0.865. The van der Waals surface area contributed by atoms with Gasteiger partial charge in [-0.15, -0.1) is 0 Å². The van der Waals surface area contributed by atoms with Gasteiger partial charge in [-0.2, -0.15) is 0 Å². The Hall–Kier alpha value is -1.42. The van der Waals surface area contributed by atoms with Crippen molar-refractivity contribution in [2.24, 2.45) is 23.5 Å². The third kappa shape index (κ3) is 4.03. The van der Waals surface area contributed by atoms with Crippen molar-refractivity contribution in [2.75, 3.05) is 0 Å². The van der Waals surface area contributed by atoms with Crippen LogP contribution in [-0.2, 0) is 11.3 Å². The molecule has 116 valence electrons. The second-order valence-electron chi connectivity index (χ2n) is 6.51. The van der Waals surface area contributed by atoms with E-state index in [1.54, 1.807) is 18.3 Å². The minimum Gasteiger partial charge on any atom is -0.458 e. The van der Waals surface area contributed by atoms with E-state index in [1.165, 1.54) is 6.42 Å². The fourth-order valence-corrected chi connectivity index (χ4v) is 3.12. The van der Waals surface area contributed by atoms with Crippen LogP contribution in [0.15, 0.2) is 18.3 Å². The summed E-state index contributed by atoms with van der Waals surface area (Å²) < 4.78 is 5.79. The number of pyridine rings is 1. The SMILES string of the molecule is CC(C)[C@@H]1CC[C@@H](C)C[C@@H]1OC(=O)c1ccc(CN)nc1. The number of rotatable bonds is 4. The first-order chi connectivity index (χ1) is 10.0. The van der Waals surface area contributed by atoms with Crippen molar-refractivity contribution in [2.45, 2.75) is 52.7 Å². The number of hydrogen-bond donors (Lipinski definition) is 1. The molecule has 0 radical (unpaired) electrons. The van der Waals surface area contributed by atoms with Crippen LogP contribution < -0.4 is 5.73 Å². The highest BCUT2D eigenvalue weighted by Crippen LogP contribution is 2.35. The molecule has 3 atom stereocenters. The standard InChI is InChI=1S/C17H26N2O2/c1-11(2)15-7-4-12(3)8-16(15)21-17(20)13-5-6-14(9-18)19-10-13/h5-6,10-12,15-16H,4,7-9,18H2,1-3H3/t12-,15+,16+/m1/s1. The maximum Gasteiger partial charge on any atom is 0.339 e. The number of carbonyl (C=O) groups is 1. The van der Waals surface area contributed by atoms with E-state index >= 15 is 0 Å². The van der Waals surface area contributed by atoms with Crippen LogP contribution in [-0.4, -0.2) is 17.1 Å². The summed E-state index contributed by atoms with van der Waals surface area (Å²) in [7, 11) is 0. The molecule has 0 aromatic carbocycles. The summed E-state index contributed by atoms with van der Waals surface area (Å²) in [4.78, 5) is 16.4. The molecule has 1 heterocycles. The van der Waals surface area contributed by atoms with Crippen LogP contribution in [0.2, 0.25) is 0 Å². The third-order valence-electron chi connectivity index (χ3n) is 4.49. The lowest BCUT2D eigenvalue weighted by Gasteiger charge is -2.36. The Labute approximate surface area is 127 Å². The normalized spacial score (nSPS) is 25.9. The van der Waals surface area contributed by atoms with Gasteiger partial charge in [0.15, 0.2) is 0 Å². The Morgan fingerprint density at radius 3 is 2.76 bits per heavy atom. The van der Waals surface area contributed by atoms with Gasteiger partial charge < -0.3 is 10.5 Å². The van der Waals surface area contributed by atoms with Gasteiger partial charge in [-0.3, -0.25) is 4.98 Å². The van der Waals surface area contributed by atoms with Crippen molar-refractivity contribution in [1.29, 1.82) is 0 Å². The molecule has 21 heavy (non-hydrogen) atoms. The number of nitrogens with zero attached hydrogens (tertiary/aromatic N) is 1. The lowest BCUT2D eigenvalue weighted by molar-refractivity contribution is -0.0174. The molecule has 2 N–H and O–H groups in total. The Kier molecular flexibility index (Phi) is 5.34. The average molecular weight is 290 g/mol. The first kappa shape index (κ1) is 16.0. The molecular formula is C17H26N2O2. The van der Waals surface area contributed by atoms with Crippen molar-refractivity contribution in [3.63, 3.8) is 0 Å². The molecule has 0 aliphatic heterocycles. The van der Waals surface area contributed by atoms with Gasteiger partial charge in [0.1, 0.15) is 6.10 Å². The Morgan fingerprint density at radius 2 is 2.19 bits per heavy atom. The largest absolute Gasteiger partial charge is 0.458 e. The predicted octanol–water partition coefficient (Wildman–Crippen LogP) is 3.16. The van der Waals surface area contributed by atoms with E-state index in [-0.39, 0.29) is 12.1 Å². The van der Waals surface area contributed by atoms with Crippen LogP contribution in [0, 0.1) is 17.8 Å². The Bertz CT molecular complexity index is 470. The summed E-state index contributed by atoms with van der Waals surface area (Å²) in [5.41, 5.74) is 6.80. The number of aromatic nitrogens is 1. The van der Waals surface area contributed by atoms with Gasteiger partial charge in [-0.1, -0.05) is 27.2 Å². The highest BCUT2D eigenvalue weighted by atomic mass is 16.5. The lowest BCUT2D eigenvalue weighted by atomic mass is 9.75. The third-order valence-corrected chi connectivity index (χ3v) is 4.49. The van der Waals surface area contributed by atoms with Crippen molar-refractivity contribution in [3.8, 4) is 0 Å². The minimum atomic E-state index is -0.268. The van der Waals surface area contributed by atoms with Crippen LogP contribution in [0.3, 0.4) is 0 Å². The molecule has 0 bridgehead atoms. The van der Waals surface area contributed by atoms with E-state index in [0.29, 0.717) is 29.9 Å². The smallest absolute Gasteiger partial charge is 0.339 e. The summed E-state index contributed by atoms with van der Waals surface area (Å²) in [5.74, 6) is 1.35. The summed E-state index contributed by atoms with van der Waals surface area (Å²) in [6.07, 6.45) is 4.91. The van der Waals surface area contributed by atoms with Gasteiger partial charge in [0.2, 0.25) is 0 Å². The maximum atomic E-state index is 12.3. The van der Waals surface area contributed by atoms with Gasteiger partial charge in [0.05, 0.1) is 11.3 Å². The molecule has 1 aromatic heterocycles. The average Bonchev–Trinajstić information content (AvgIpc) is 2.47. The molecule has 0 spiro atoms. The molecule has 1 aliphatic carbocycles. The van der Waals surface area contributed by atoms with Crippen molar-refractivity contribution in [3.05, 3.63) is 29.6 Å². The number of nitrogens with two attached hydrogens (primary N) is 1. The summed E-state index contributed by atoms with van der Waals surface area (Å²) in [6.45, 7) is 7.03. The second-order valence-corrected chi connectivity index (χ2v) is 6.51. The molecule has 1 saturated carbocycles. The molecule has 0 unspecified atom stereocenters. The van der Waals surface area contributed by atoms with Crippen LogP contribution in [0.4, 0.5) is 0 Å². The fraction of sp³-hybridized carbons (Fsp3) is 0.647. The van der Waals surface area contributed by atoms with Gasteiger partial charge in [0, 0.05) is 12.7 Å². The molecular weight excluding hydrogens is 264 g/mol. The molecule has 0 saturated heterocycles. The molecule has 1 fully saturated rings. The van der Waals surface area contributed by atoms with Crippen LogP contribution in [0.25, 0.3) is 0 Å². The molecule has 4 nitrogen and oxygen atoms in total.